The normalized spacial score (nSPS) is 11.9. The summed E-state index contributed by atoms with van der Waals surface area (Å²) in [5.41, 5.74) is 0.522. The second-order valence-electron chi connectivity index (χ2n) is 8.89. The Morgan fingerprint density at radius 1 is 0.556 bits per heavy atom. The molecular weight excluding hydrogens is 464 g/mol. The summed E-state index contributed by atoms with van der Waals surface area (Å²) in [5, 5.41) is 0. The molecule has 0 spiro atoms. The van der Waals surface area contributed by atoms with Crippen molar-refractivity contribution in [3.8, 4) is 0 Å². The lowest BCUT2D eigenvalue weighted by molar-refractivity contribution is -0.345. The monoisotopic (exact) mass is 510 g/mol. The highest BCUT2D eigenvalue weighted by Gasteiger charge is 2.33. The fraction of sp³-hybridized carbons (Fsp3) is 0.714. The molecule has 0 aliphatic heterocycles. The standard InChI is InChI=1S/C28H46O8/c1-7-11-19-31-27(5,32-20-12-8-2)35-25(29)23-15-17-24(18-16-23)26(30)36-28(6,33-21-13-9-3)34-22-14-10-4/h15-18H,7-14,19-22H2,1-6H3. The third kappa shape index (κ3) is 12.3. The Morgan fingerprint density at radius 2 is 0.806 bits per heavy atom. The smallest absolute Gasteiger partial charge is 0.342 e. The van der Waals surface area contributed by atoms with Gasteiger partial charge in [0.1, 0.15) is 0 Å². The number of hydrogen-bond donors (Lipinski definition) is 0. The van der Waals surface area contributed by atoms with Crippen LogP contribution in [-0.2, 0) is 28.4 Å². The van der Waals surface area contributed by atoms with Gasteiger partial charge in [0, 0.05) is 13.8 Å². The Morgan fingerprint density at radius 3 is 1.03 bits per heavy atom. The Balaban J connectivity index is 2.85. The molecule has 0 unspecified atom stereocenters. The van der Waals surface area contributed by atoms with Gasteiger partial charge >= 0.3 is 23.9 Å². The van der Waals surface area contributed by atoms with Crippen LogP contribution in [0.3, 0.4) is 0 Å². The van der Waals surface area contributed by atoms with Crippen LogP contribution in [0.5, 0.6) is 0 Å². The van der Waals surface area contributed by atoms with E-state index in [2.05, 4.69) is 27.7 Å². The first-order valence-corrected chi connectivity index (χ1v) is 13.3. The van der Waals surface area contributed by atoms with Crippen molar-refractivity contribution in [1.29, 1.82) is 0 Å². The van der Waals surface area contributed by atoms with E-state index in [-0.39, 0.29) is 11.1 Å². The van der Waals surface area contributed by atoms with Gasteiger partial charge in [-0.05, 0) is 49.9 Å². The second-order valence-corrected chi connectivity index (χ2v) is 8.89. The highest BCUT2D eigenvalue weighted by Crippen LogP contribution is 2.21. The zero-order valence-electron chi connectivity index (χ0n) is 23.1. The maximum Gasteiger partial charge on any atom is 0.342 e. The third-order valence-corrected chi connectivity index (χ3v) is 5.36. The summed E-state index contributed by atoms with van der Waals surface area (Å²) in [7, 11) is 0. The molecule has 0 saturated heterocycles. The van der Waals surface area contributed by atoms with Gasteiger partial charge in [-0.25, -0.2) is 9.59 Å². The average molecular weight is 511 g/mol. The average Bonchev–Trinajstić information content (AvgIpc) is 2.85. The predicted molar refractivity (Wildman–Crippen MR) is 138 cm³/mol. The van der Waals surface area contributed by atoms with Crippen LogP contribution in [0.2, 0.25) is 0 Å². The van der Waals surface area contributed by atoms with E-state index in [4.69, 9.17) is 28.4 Å². The summed E-state index contributed by atoms with van der Waals surface area (Å²) < 4.78 is 34.1. The molecule has 0 aliphatic rings. The minimum Gasteiger partial charge on any atom is -0.404 e. The first kappa shape index (κ1) is 32.0. The lowest BCUT2D eigenvalue weighted by Gasteiger charge is -2.29. The Kier molecular flexibility index (Phi) is 15.5. The number of ether oxygens (including phenoxy) is 6. The topological polar surface area (TPSA) is 89.5 Å². The SMILES string of the molecule is CCCCOC(C)(OCCCC)OC(=O)c1ccc(C(=O)OC(C)(OCCCC)OCCCC)cc1. The molecule has 0 saturated carbocycles. The summed E-state index contributed by atoms with van der Waals surface area (Å²) in [5.74, 6) is -4.18. The van der Waals surface area contributed by atoms with Crippen molar-refractivity contribution in [2.24, 2.45) is 0 Å². The molecule has 0 atom stereocenters. The van der Waals surface area contributed by atoms with Crippen molar-refractivity contribution in [2.45, 2.75) is 105 Å². The van der Waals surface area contributed by atoms with Gasteiger partial charge in [-0.3, -0.25) is 0 Å². The molecule has 0 heterocycles. The van der Waals surface area contributed by atoms with E-state index >= 15 is 0 Å². The maximum absolute atomic E-state index is 12.8. The maximum atomic E-state index is 12.8. The summed E-state index contributed by atoms with van der Waals surface area (Å²) in [6.45, 7) is 13.0. The van der Waals surface area contributed by atoms with Crippen molar-refractivity contribution in [3.63, 3.8) is 0 Å². The molecule has 8 heteroatoms. The zero-order valence-corrected chi connectivity index (χ0v) is 23.1. The van der Waals surface area contributed by atoms with Crippen LogP contribution < -0.4 is 0 Å². The van der Waals surface area contributed by atoms with Crippen molar-refractivity contribution in [3.05, 3.63) is 35.4 Å². The van der Waals surface area contributed by atoms with Crippen LogP contribution in [0.4, 0.5) is 0 Å². The quantitative estimate of drug-likeness (QED) is 0.110. The summed E-state index contributed by atoms with van der Waals surface area (Å²) in [4.78, 5) is 25.6. The molecule has 36 heavy (non-hydrogen) atoms. The Bertz CT molecular complexity index is 663. The summed E-state index contributed by atoms with van der Waals surface area (Å²) >= 11 is 0. The third-order valence-electron chi connectivity index (χ3n) is 5.36. The van der Waals surface area contributed by atoms with Crippen molar-refractivity contribution < 1.29 is 38.0 Å². The molecule has 1 aromatic carbocycles. The molecular formula is C28H46O8. The van der Waals surface area contributed by atoms with Crippen LogP contribution >= 0.6 is 0 Å². The van der Waals surface area contributed by atoms with Crippen molar-refractivity contribution in [1.82, 2.24) is 0 Å². The number of esters is 2. The van der Waals surface area contributed by atoms with E-state index in [1.807, 2.05) is 0 Å². The minimum atomic E-state index is -1.48. The molecule has 0 N–H and O–H groups in total. The van der Waals surface area contributed by atoms with Gasteiger partial charge in [0.15, 0.2) is 0 Å². The van der Waals surface area contributed by atoms with Gasteiger partial charge < -0.3 is 28.4 Å². The summed E-state index contributed by atoms with van der Waals surface area (Å²) in [6.07, 6.45) is 7.08. The van der Waals surface area contributed by atoms with E-state index in [0.717, 1.165) is 51.4 Å². The first-order chi connectivity index (χ1) is 17.2. The molecule has 0 aromatic heterocycles. The molecule has 206 valence electrons. The van der Waals surface area contributed by atoms with Crippen LogP contribution in [0, 0.1) is 0 Å². The fourth-order valence-corrected chi connectivity index (χ4v) is 3.01. The molecule has 1 rings (SSSR count). The first-order valence-electron chi connectivity index (χ1n) is 13.3. The van der Waals surface area contributed by atoms with E-state index in [0.29, 0.717) is 26.4 Å². The van der Waals surface area contributed by atoms with Gasteiger partial charge in [-0.15, -0.1) is 0 Å². The molecule has 0 radical (unpaired) electrons. The molecule has 1 aromatic rings. The zero-order chi connectivity index (χ0) is 26.9. The predicted octanol–water partition coefficient (Wildman–Crippen LogP) is 6.61. The number of carbonyl (C=O) groups is 2. The number of rotatable bonds is 20. The number of benzene rings is 1. The van der Waals surface area contributed by atoms with Crippen molar-refractivity contribution >= 4 is 11.9 Å². The highest BCUT2D eigenvalue weighted by molar-refractivity contribution is 5.93. The highest BCUT2D eigenvalue weighted by atomic mass is 16.9. The molecule has 0 fully saturated rings. The van der Waals surface area contributed by atoms with Crippen LogP contribution in [0.25, 0.3) is 0 Å². The fourth-order valence-electron chi connectivity index (χ4n) is 3.01. The van der Waals surface area contributed by atoms with Crippen LogP contribution in [0.15, 0.2) is 24.3 Å². The van der Waals surface area contributed by atoms with E-state index in [1.54, 1.807) is 13.8 Å². The van der Waals surface area contributed by atoms with E-state index in [1.165, 1.54) is 24.3 Å². The van der Waals surface area contributed by atoms with Gasteiger partial charge in [-0.2, -0.15) is 0 Å². The minimum absolute atomic E-state index is 0.261. The second kappa shape index (κ2) is 17.5. The molecule has 0 bridgehead atoms. The lowest BCUT2D eigenvalue weighted by Crippen LogP contribution is -2.39. The Labute approximate surface area is 216 Å². The van der Waals surface area contributed by atoms with Gasteiger partial charge in [0.25, 0.3) is 0 Å². The number of hydrogen-bond acceptors (Lipinski definition) is 8. The molecule has 0 aliphatic carbocycles. The molecule has 8 nitrogen and oxygen atoms in total. The van der Waals surface area contributed by atoms with Gasteiger partial charge in [0.05, 0.1) is 37.6 Å². The van der Waals surface area contributed by atoms with Gasteiger partial charge in [-0.1, -0.05) is 53.4 Å². The van der Waals surface area contributed by atoms with E-state index in [9.17, 15) is 9.59 Å². The summed E-state index contributed by atoms with van der Waals surface area (Å²) in [6, 6.07) is 6.02. The number of unbranched alkanes of at least 4 members (excludes halogenated alkanes) is 4. The lowest BCUT2D eigenvalue weighted by atomic mass is 10.1. The van der Waals surface area contributed by atoms with Gasteiger partial charge in [0.2, 0.25) is 0 Å². The largest absolute Gasteiger partial charge is 0.404 e. The van der Waals surface area contributed by atoms with Crippen LogP contribution in [-0.4, -0.2) is 50.3 Å². The van der Waals surface area contributed by atoms with Crippen LogP contribution in [0.1, 0.15) is 114 Å². The number of carbonyl (C=O) groups excluding carboxylic acids is 2. The van der Waals surface area contributed by atoms with Crippen molar-refractivity contribution in [2.75, 3.05) is 26.4 Å². The molecule has 0 amide bonds. The van der Waals surface area contributed by atoms with E-state index < -0.39 is 23.9 Å². The Hall–Kier alpha value is -2.00.